The maximum absolute atomic E-state index is 5.90. The number of rotatable bonds is 2. The van der Waals surface area contributed by atoms with Gasteiger partial charge in [-0.2, -0.15) is 0 Å². The summed E-state index contributed by atoms with van der Waals surface area (Å²) in [5.41, 5.74) is 2.55. The zero-order chi connectivity index (χ0) is 9.54. The molecule has 1 saturated carbocycles. The maximum atomic E-state index is 5.90. The van der Waals surface area contributed by atoms with E-state index in [4.69, 9.17) is 11.6 Å². The molecule has 1 aromatic heterocycles. The molecule has 1 atom stereocenters. The van der Waals surface area contributed by atoms with Crippen LogP contribution in [0.2, 0.25) is 5.15 Å². The predicted molar refractivity (Wildman–Crippen MR) is 56.5 cm³/mol. The Morgan fingerprint density at radius 1 is 1.29 bits per heavy atom. The van der Waals surface area contributed by atoms with Gasteiger partial charge in [0.15, 0.2) is 0 Å². The fourth-order valence-electron chi connectivity index (χ4n) is 2.13. The van der Waals surface area contributed by atoms with E-state index in [-0.39, 0.29) is 0 Å². The summed E-state index contributed by atoms with van der Waals surface area (Å²) < 4.78 is 0. The Kier molecular flexibility index (Phi) is 1.99. The van der Waals surface area contributed by atoms with E-state index in [1.807, 2.05) is 6.07 Å². The molecule has 2 aliphatic rings. The summed E-state index contributed by atoms with van der Waals surface area (Å²) in [5, 5.41) is 4.23. The van der Waals surface area contributed by atoms with Crippen LogP contribution in [0.1, 0.15) is 36.6 Å². The largest absolute Gasteiger partial charge is 0.306 e. The number of aryl methyl sites for hydroxylation is 1. The molecule has 1 fully saturated rings. The second-order valence-electron chi connectivity index (χ2n) is 4.21. The van der Waals surface area contributed by atoms with Gasteiger partial charge in [0.05, 0.1) is 11.7 Å². The molecule has 0 aliphatic heterocycles. The molecule has 2 nitrogen and oxygen atoms in total. The molecule has 0 aromatic carbocycles. The van der Waals surface area contributed by atoms with Crippen molar-refractivity contribution in [3.63, 3.8) is 0 Å². The number of aromatic nitrogens is 1. The molecule has 0 amide bonds. The molecule has 1 aromatic rings. The Bertz CT molecular complexity index is 360. The Hall–Kier alpha value is -0.600. The highest BCUT2D eigenvalue weighted by atomic mass is 35.5. The number of nitrogens with one attached hydrogen (secondary N) is 1. The van der Waals surface area contributed by atoms with E-state index in [2.05, 4.69) is 16.4 Å². The smallest absolute Gasteiger partial charge is 0.129 e. The average molecular weight is 209 g/mol. The molecule has 14 heavy (non-hydrogen) atoms. The summed E-state index contributed by atoms with van der Waals surface area (Å²) in [6, 6.07) is 5.20. The van der Waals surface area contributed by atoms with Crippen LogP contribution in [0.25, 0.3) is 0 Å². The van der Waals surface area contributed by atoms with Crippen LogP contribution < -0.4 is 5.32 Å². The number of halogens is 1. The fraction of sp³-hybridized carbons (Fsp3) is 0.545. The van der Waals surface area contributed by atoms with E-state index in [1.165, 1.54) is 30.5 Å². The molecule has 2 aliphatic carbocycles. The summed E-state index contributed by atoms with van der Waals surface area (Å²) in [7, 11) is 0. The van der Waals surface area contributed by atoms with Crippen molar-refractivity contribution in [2.45, 2.75) is 37.8 Å². The molecule has 0 bridgehead atoms. The van der Waals surface area contributed by atoms with Gasteiger partial charge in [0.25, 0.3) is 0 Å². The summed E-state index contributed by atoms with van der Waals surface area (Å²) in [4.78, 5) is 4.42. The molecule has 1 unspecified atom stereocenters. The van der Waals surface area contributed by atoms with Gasteiger partial charge >= 0.3 is 0 Å². The number of pyridine rings is 1. The molecule has 0 saturated heterocycles. The number of hydrogen-bond acceptors (Lipinski definition) is 2. The first-order valence-electron chi connectivity index (χ1n) is 5.24. The Balaban J connectivity index is 1.87. The van der Waals surface area contributed by atoms with Crippen LogP contribution in [0.3, 0.4) is 0 Å². The number of nitrogens with zero attached hydrogens (tertiary/aromatic N) is 1. The molecule has 0 spiro atoms. The van der Waals surface area contributed by atoms with Gasteiger partial charge in [0.2, 0.25) is 0 Å². The van der Waals surface area contributed by atoms with Crippen LogP contribution in [-0.2, 0) is 6.42 Å². The molecule has 3 rings (SSSR count). The second-order valence-corrected chi connectivity index (χ2v) is 4.60. The van der Waals surface area contributed by atoms with Gasteiger partial charge in [-0.25, -0.2) is 4.98 Å². The first-order valence-corrected chi connectivity index (χ1v) is 5.62. The summed E-state index contributed by atoms with van der Waals surface area (Å²) >= 11 is 5.90. The molecule has 1 heterocycles. The van der Waals surface area contributed by atoms with Crippen molar-refractivity contribution in [3.8, 4) is 0 Å². The highest BCUT2D eigenvalue weighted by Crippen LogP contribution is 2.33. The van der Waals surface area contributed by atoms with E-state index < -0.39 is 0 Å². The molecular formula is C11H13ClN2. The van der Waals surface area contributed by atoms with Crippen LogP contribution in [0, 0.1) is 0 Å². The lowest BCUT2D eigenvalue weighted by atomic mass is 10.2. The Labute approximate surface area is 88.7 Å². The quantitative estimate of drug-likeness (QED) is 0.756. The van der Waals surface area contributed by atoms with Crippen molar-refractivity contribution in [1.29, 1.82) is 0 Å². The van der Waals surface area contributed by atoms with Crippen molar-refractivity contribution >= 4 is 11.6 Å². The van der Waals surface area contributed by atoms with E-state index >= 15 is 0 Å². The Morgan fingerprint density at radius 2 is 2.14 bits per heavy atom. The molecule has 74 valence electrons. The predicted octanol–water partition coefficient (Wildman–Crippen LogP) is 2.47. The number of hydrogen-bond donors (Lipinski definition) is 1. The van der Waals surface area contributed by atoms with Crippen molar-refractivity contribution in [3.05, 3.63) is 28.5 Å². The van der Waals surface area contributed by atoms with Crippen LogP contribution >= 0.6 is 11.6 Å². The Morgan fingerprint density at radius 3 is 2.93 bits per heavy atom. The lowest BCUT2D eigenvalue weighted by Gasteiger charge is -2.11. The van der Waals surface area contributed by atoms with Crippen molar-refractivity contribution in [2.24, 2.45) is 0 Å². The van der Waals surface area contributed by atoms with Crippen LogP contribution in [0.5, 0.6) is 0 Å². The summed E-state index contributed by atoms with van der Waals surface area (Å²) in [6.45, 7) is 0. The standard InChI is InChI=1S/C11H13ClN2/c12-10-6-2-7-1-5-9(11(7)14-10)13-8-3-4-8/h2,6,8-9,13H,1,3-5H2. The lowest BCUT2D eigenvalue weighted by Crippen LogP contribution is -2.21. The van der Waals surface area contributed by atoms with Gasteiger partial charge in [0, 0.05) is 6.04 Å². The van der Waals surface area contributed by atoms with Gasteiger partial charge in [0.1, 0.15) is 5.15 Å². The monoisotopic (exact) mass is 208 g/mol. The van der Waals surface area contributed by atoms with E-state index in [9.17, 15) is 0 Å². The fourth-order valence-corrected chi connectivity index (χ4v) is 2.28. The van der Waals surface area contributed by atoms with Crippen LogP contribution in [0.15, 0.2) is 12.1 Å². The zero-order valence-corrected chi connectivity index (χ0v) is 8.72. The second kappa shape index (κ2) is 3.21. The SMILES string of the molecule is Clc1ccc2c(n1)C(NC1CC1)CC2. The minimum absolute atomic E-state index is 0.455. The van der Waals surface area contributed by atoms with Gasteiger partial charge in [-0.1, -0.05) is 17.7 Å². The third-order valence-electron chi connectivity index (χ3n) is 3.02. The summed E-state index contributed by atoms with van der Waals surface area (Å²) in [6.07, 6.45) is 4.97. The van der Waals surface area contributed by atoms with Crippen molar-refractivity contribution < 1.29 is 0 Å². The summed E-state index contributed by atoms with van der Waals surface area (Å²) in [5.74, 6) is 0. The topological polar surface area (TPSA) is 24.9 Å². The number of fused-ring (bicyclic) bond motifs is 1. The normalized spacial score (nSPS) is 25.1. The average Bonchev–Trinajstić information content (AvgIpc) is 2.90. The maximum Gasteiger partial charge on any atom is 0.129 e. The van der Waals surface area contributed by atoms with Crippen molar-refractivity contribution in [1.82, 2.24) is 10.3 Å². The van der Waals surface area contributed by atoms with Gasteiger partial charge in [-0.15, -0.1) is 0 Å². The third kappa shape index (κ3) is 1.53. The first kappa shape index (κ1) is 8.69. The van der Waals surface area contributed by atoms with E-state index in [1.54, 1.807) is 0 Å². The highest BCUT2D eigenvalue weighted by Gasteiger charge is 2.30. The molecular weight excluding hydrogens is 196 g/mol. The third-order valence-corrected chi connectivity index (χ3v) is 3.24. The van der Waals surface area contributed by atoms with Gasteiger partial charge in [-0.3, -0.25) is 0 Å². The van der Waals surface area contributed by atoms with E-state index in [0.29, 0.717) is 11.2 Å². The van der Waals surface area contributed by atoms with Gasteiger partial charge in [-0.05, 0) is 37.3 Å². The first-order chi connectivity index (χ1) is 6.83. The minimum atomic E-state index is 0.455. The van der Waals surface area contributed by atoms with Crippen molar-refractivity contribution in [2.75, 3.05) is 0 Å². The minimum Gasteiger partial charge on any atom is -0.306 e. The highest BCUT2D eigenvalue weighted by molar-refractivity contribution is 6.29. The van der Waals surface area contributed by atoms with Crippen LogP contribution in [0.4, 0.5) is 0 Å². The molecule has 1 N–H and O–H groups in total. The van der Waals surface area contributed by atoms with E-state index in [0.717, 1.165) is 12.5 Å². The van der Waals surface area contributed by atoms with Crippen LogP contribution in [-0.4, -0.2) is 11.0 Å². The lowest BCUT2D eigenvalue weighted by molar-refractivity contribution is 0.518. The molecule has 3 heteroatoms. The molecule has 0 radical (unpaired) electrons. The van der Waals surface area contributed by atoms with Gasteiger partial charge < -0.3 is 5.32 Å². The zero-order valence-electron chi connectivity index (χ0n) is 7.96.